The topological polar surface area (TPSA) is 64.0 Å². The highest BCUT2D eigenvalue weighted by molar-refractivity contribution is 7.08. The molecule has 0 atom stereocenters. The number of hydrogen-bond donors (Lipinski definition) is 1. The molecule has 0 spiro atoms. The number of rotatable bonds is 7. The Bertz CT molecular complexity index is 1190. The Hall–Kier alpha value is -3.51. The van der Waals surface area contributed by atoms with Crippen molar-refractivity contribution in [2.45, 2.75) is 20.4 Å². The Morgan fingerprint density at radius 1 is 0.935 bits per heavy atom. The van der Waals surface area contributed by atoms with Gasteiger partial charge < -0.3 is 5.32 Å². The molecule has 0 saturated heterocycles. The van der Waals surface area contributed by atoms with E-state index >= 15 is 0 Å². The van der Waals surface area contributed by atoms with Gasteiger partial charge in [-0.25, -0.2) is 0 Å². The lowest BCUT2D eigenvalue weighted by Crippen LogP contribution is -2.27. The second kappa shape index (κ2) is 9.10. The normalized spacial score (nSPS) is 10.8. The second-order valence-corrected chi connectivity index (χ2v) is 8.09. The molecular weight excluding hydrogens is 406 g/mol. The third kappa shape index (κ3) is 4.49. The summed E-state index contributed by atoms with van der Waals surface area (Å²) in [6.45, 7) is 5.12. The summed E-state index contributed by atoms with van der Waals surface area (Å²) < 4.78 is 1.93. The SMILES string of the molecule is Cc1nn(CCNC(=O)c2ccc(C(=O)c3ccccc3)cc2)c(C)c1-c1ccsc1. The van der Waals surface area contributed by atoms with Gasteiger partial charge in [-0.05, 0) is 48.4 Å². The van der Waals surface area contributed by atoms with E-state index in [1.807, 2.05) is 29.8 Å². The number of thiophene rings is 1. The lowest BCUT2D eigenvalue weighted by molar-refractivity contribution is 0.0950. The van der Waals surface area contributed by atoms with E-state index in [-0.39, 0.29) is 11.7 Å². The fourth-order valence-electron chi connectivity index (χ4n) is 3.65. The number of carbonyl (C=O) groups excluding carboxylic acids is 2. The molecule has 4 aromatic rings. The first-order valence-corrected chi connectivity index (χ1v) is 11.0. The van der Waals surface area contributed by atoms with E-state index < -0.39 is 0 Å². The average molecular weight is 430 g/mol. The molecule has 0 radical (unpaired) electrons. The maximum absolute atomic E-state index is 12.5. The number of aromatic nitrogens is 2. The van der Waals surface area contributed by atoms with Gasteiger partial charge in [0, 0.05) is 34.5 Å². The molecule has 0 aliphatic heterocycles. The van der Waals surface area contributed by atoms with Gasteiger partial charge in [-0.2, -0.15) is 16.4 Å². The number of aryl methyl sites for hydroxylation is 1. The van der Waals surface area contributed by atoms with Crippen LogP contribution in [0, 0.1) is 13.8 Å². The third-order valence-electron chi connectivity index (χ3n) is 5.25. The van der Waals surface area contributed by atoms with Crippen molar-refractivity contribution in [3.05, 3.63) is 99.5 Å². The van der Waals surface area contributed by atoms with Crippen molar-refractivity contribution in [3.63, 3.8) is 0 Å². The molecule has 2 heterocycles. The van der Waals surface area contributed by atoms with Crippen LogP contribution < -0.4 is 5.32 Å². The molecule has 2 aromatic heterocycles. The van der Waals surface area contributed by atoms with E-state index in [9.17, 15) is 9.59 Å². The van der Waals surface area contributed by atoms with E-state index in [1.54, 1.807) is 47.7 Å². The molecule has 0 aliphatic rings. The molecule has 0 unspecified atom stereocenters. The van der Waals surface area contributed by atoms with Gasteiger partial charge in [0.15, 0.2) is 5.78 Å². The molecule has 2 aromatic carbocycles. The van der Waals surface area contributed by atoms with Crippen LogP contribution in [0.4, 0.5) is 0 Å². The standard InChI is InChI=1S/C25H23N3O2S/c1-17-23(22-12-15-31-16-22)18(2)28(27-17)14-13-26-25(30)21-10-8-20(9-11-21)24(29)19-6-4-3-5-7-19/h3-12,15-16H,13-14H2,1-2H3,(H,26,30). The molecule has 1 amide bonds. The summed E-state index contributed by atoms with van der Waals surface area (Å²) in [5.41, 5.74) is 6.14. The second-order valence-electron chi connectivity index (χ2n) is 7.31. The lowest BCUT2D eigenvalue weighted by atomic mass is 10.0. The highest BCUT2D eigenvalue weighted by Crippen LogP contribution is 2.28. The number of ketones is 1. The van der Waals surface area contributed by atoms with E-state index in [1.165, 1.54) is 5.56 Å². The number of nitrogens with one attached hydrogen (secondary N) is 1. The summed E-state index contributed by atoms with van der Waals surface area (Å²) in [6.07, 6.45) is 0. The van der Waals surface area contributed by atoms with Crippen molar-refractivity contribution in [3.8, 4) is 11.1 Å². The molecule has 0 aliphatic carbocycles. The molecule has 5 nitrogen and oxygen atoms in total. The minimum absolute atomic E-state index is 0.0569. The van der Waals surface area contributed by atoms with Gasteiger partial charge in [0.25, 0.3) is 5.91 Å². The third-order valence-corrected chi connectivity index (χ3v) is 5.93. The van der Waals surface area contributed by atoms with Crippen LogP contribution in [0.1, 0.15) is 37.7 Å². The first kappa shape index (κ1) is 20.8. The number of benzene rings is 2. The number of amides is 1. The van der Waals surface area contributed by atoms with Crippen molar-refractivity contribution in [1.82, 2.24) is 15.1 Å². The zero-order valence-electron chi connectivity index (χ0n) is 17.5. The molecule has 0 fully saturated rings. The molecular formula is C25H23N3O2S. The van der Waals surface area contributed by atoms with Gasteiger partial charge in [0.1, 0.15) is 0 Å². The highest BCUT2D eigenvalue weighted by atomic mass is 32.1. The summed E-state index contributed by atoms with van der Waals surface area (Å²) in [7, 11) is 0. The first-order chi connectivity index (χ1) is 15.0. The van der Waals surface area contributed by atoms with Crippen molar-refractivity contribution >= 4 is 23.0 Å². The number of carbonyl (C=O) groups is 2. The van der Waals surface area contributed by atoms with Crippen LogP contribution in [0.25, 0.3) is 11.1 Å². The quantitative estimate of drug-likeness (QED) is 0.426. The Morgan fingerprint density at radius 3 is 2.29 bits per heavy atom. The molecule has 4 rings (SSSR count). The molecule has 0 saturated carbocycles. The maximum atomic E-state index is 12.5. The van der Waals surface area contributed by atoms with Crippen LogP contribution in [0.15, 0.2) is 71.4 Å². The van der Waals surface area contributed by atoms with Crippen LogP contribution in [-0.2, 0) is 6.54 Å². The maximum Gasteiger partial charge on any atom is 0.251 e. The molecule has 31 heavy (non-hydrogen) atoms. The predicted molar refractivity (Wildman–Crippen MR) is 124 cm³/mol. The van der Waals surface area contributed by atoms with Gasteiger partial charge >= 0.3 is 0 Å². The fraction of sp³-hybridized carbons (Fsp3) is 0.160. The van der Waals surface area contributed by atoms with Gasteiger partial charge in [0.2, 0.25) is 0 Å². The van der Waals surface area contributed by atoms with Crippen LogP contribution in [0.3, 0.4) is 0 Å². The predicted octanol–water partition coefficient (Wildman–Crippen LogP) is 4.89. The largest absolute Gasteiger partial charge is 0.350 e. The minimum atomic E-state index is -0.168. The monoisotopic (exact) mass is 429 g/mol. The summed E-state index contributed by atoms with van der Waals surface area (Å²) in [4.78, 5) is 25.0. The Balaban J connectivity index is 1.36. The van der Waals surface area contributed by atoms with Crippen LogP contribution in [0.2, 0.25) is 0 Å². The van der Waals surface area contributed by atoms with E-state index in [4.69, 9.17) is 0 Å². The molecule has 156 valence electrons. The number of hydrogen-bond acceptors (Lipinski definition) is 4. The summed E-state index contributed by atoms with van der Waals surface area (Å²) in [5.74, 6) is -0.225. The van der Waals surface area contributed by atoms with Crippen LogP contribution in [0.5, 0.6) is 0 Å². The minimum Gasteiger partial charge on any atom is -0.350 e. The summed E-state index contributed by atoms with van der Waals surface area (Å²) >= 11 is 1.67. The van der Waals surface area contributed by atoms with Gasteiger partial charge in [-0.3, -0.25) is 14.3 Å². The Labute approximate surface area is 185 Å². The first-order valence-electron chi connectivity index (χ1n) is 10.1. The van der Waals surface area contributed by atoms with Gasteiger partial charge in [0.05, 0.1) is 12.2 Å². The molecule has 6 heteroatoms. The van der Waals surface area contributed by atoms with Crippen molar-refractivity contribution < 1.29 is 9.59 Å². The average Bonchev–Trinajstić information content (AvgIpc) is 3.41. The van der Waals surface area contributed by atoms with Crippen LogP contribution in [-0.4, -0.2) is 28.0 Å². The van der Waals surface area contributed by atoms with Crippen molar-refractivity contribution in [2.75, 3.05) is 6.54 Å². The lowest BCUT2D eigenvalue weighted by Gasteiger charge is -2.08. The van der Waals surface area contributed by atoms with Gasteiger partial charge in [-0.1, -0.05) is 42.5 Å². The van der Waals surface area contributed by atoms with Crippen LogP contribution >= 0.6 is 11.3 Å². The smallest absolute Gasteiger partial charge is 0.251 e. The zero-order valence-corrected chi connectivity index (χ0v) is 18.3. The number of nitrogens with zero attached hydrogens (tertiary/aromatic N) is 2. The summed E-state index contributed by atoms with van der Waals surface area (Å²) in [5, 5.41) is 11.7. The van der Waals surface area contributed by atoms with Crippen molar-refractivity contribution in [2.24, 2.45) is 0 Å². The summed E-state index contributed by atoms with van der Waals surface area (Å²) in [6, 6.07) is 18.0. The van der Waals surface area contributed by atoms with E-state index in [0.29, 0.717) is 29.8 Å². The zero-order chi connectivity index (χ0) is 21.8. The molecule has 0 bridgehead atoms. The van der Waals surface area contributed by atoms with E-state index in [2.05, 4.69) is 34.2 Å². The van der Waals surface area contributed by atoms with E-state index in [0.717, 1.165) is 17.0 Å². The Kier molecular flexibility index (Phi) is 6.09. The molecule has 1 N–H and O–H groups in total. The van der Waals surface area contributed by atoms with Crippen molar-refractivity contribution in [1.29, 1.82) is 0 Å². The van der Waals surface area contributed by atoms with Gasteiger partial charge in [-0.15, -0.1) is 0 Å². The Morgan fingerprint density at radius 2 is 1.61 bits per heavy atom. The highest BCUT2D eigenvalue weighted by Gasteiger charge is 2.14. The fourth-order valence-corrected chi connectivity index (χ4v) is 4.29.